The van der Waals surface area contributed by atoms with Crippen LogP contribution in [-0.4, -0.2) is 49.2 Å². The van der Waals surface area contributed by atoms with Gasteiger partial charge in [0.05, 0.1) is 11.6 Å². The van der Waals surface area contributed by atoms with E-state index in [9.17, 15) is 18.3 Å². The number of fused-ring (bicyclic) bond motifs is 4. The van der Waals surface area contributed by atoms with Gasteiger partial charge >= 0.3 is 16.0 Å². The summed E-state index contributed by atoms with van der Waals surface area (Å²) >= 11 is 0. The summed E-state index contributed by atoms with van der Waals surface area (Å²) in [5, 5.41) is 16.0. The van der Waals surface area contributed by atoms with Crippen LogP contribution >= 0.6 is 0 Å². The number of benzene rings is 3. The topological polar surface area (TPSA) is 139 Å². The number of aromatic nitrogens is 2. The van der Waals surface area contributed by atoms with E-state index in [1.165, 1.54) is 24.6 Å². The zero-order chi connectivity index (χ0) is 24.6. The molecule has 3 aromatic carbocycles. The van der Waals surface area contributed by atoms with Gasteiger partial charge in [-0.25, -0.2) is 9.52 Å². The summed E-state index contributed by atoms with van der Waals surface area (Å²) in [6.45, 7) is 1.07. The first-order valence-corrected chi connectivity index (χ1v) is 12.4. The van der Waals surface area contributed by atoms with E-state index in [2.05, 4.69) is 21.1 Å². The van der Waals surface area contributed by atoms with Gasteiger partial charge in [-0.1, -0.05) is 24.3 Å². The molecule has 10 nitrogen and oxygen atoms in total. The van der Waals surface area contributed by atoms with Crippen LogP contribution in [0.15, 0.2) is 69.9 Å². The Balaban J connectivity index is 1.19. The first kappa shape index (κ1) is 23.1. The fraction of sp³-hybridized carbons (Fsp3) is 0.208. The van der Waals surface area contributed by atoms with Crippen molar-refractivity contribution in [3.05, 3.63) is 76.8 Å². The molecule has 182 valence electrons. The second-order valence-corrected chi connectivity index (χ2v) is 9.74. The fourth-order valence-corrected chi connectivity index (χ4v) is 4.88. The Labute approximate surface area is 200 Å². The average molecular weight is 497 g/mol. The Hall–Kier alpha value is -3.64. The molecule has 0 spiro atoms. The van der Waals surface area contributed by atoms with Gasteiger partial charge in [0.15, 0.2) is 5.58 Å². The first-order chi connectivity index (χ1) is 16.9. The van der Waals surface area contributed by atoms with E-state index in [4.69, 9.17) is 9.15 Å². The minimum absolute atomic E-state index is 0.0524. The van der Waals surface area contributed by atoms with Gasteiger partial charge in [-0.2, -0.15) is 12.4 Å². The molecule has 0 aliphatic rings. The van der Waals surface area contributed by atoms with Crippen LogP contribution in [0.4, 0.5) is 0 Å². The molecule has 0 saturated heterocycles. The molecule has 0 amide bonds. The highest BCUT2D eigenvalue weighted by Crippen LogP contribution is 2.28. The van der Waals surface area contributed by atoms with E-state index in [0.717, 1.165) is 22.2 Å². The number of aliphatic hydroxyl groups is 1. The van der Waals surface area contributed by atoms with Crippen molar-refractivity contribution in [2.45, 2.75) is 6.10 Å². The number of rotatable bonds is 9. The van der Waals surface area contributed by atoms with Crippen molar-refractivity contribution in [1.82, 2.24) is 19.0 Å². The van der Waals surface area contributed by atoms with Crippen molar-refractivity contribution in [3.8, 4) is 5.75 Å². The number of hydrogen-bond donors (Lipinski definition) is 4. The van der Waals surface area contributed by atoms with Crippen LogP contribution in [0.25, 0.3) is 32.9 Å². The average Bonchev–Trinajstić information content (AvgIpc) is 3.39. The van der Waals surface area contributed by atoms with E-state index in [1.807, 2.05) is 36.4 Å². The van der Waals surface area contributed by atoms with Crippen LogP contribution in [0.2, 0.25) is 0 Å². The molecule has 0 unspecified atom stereocenters. The minimum atomic E-state index is -4.08. The molecular weight excluding hydrogens is 472 g/mol. The van der Waals surface area contributed by atoms with Crippen LogP contribution in [0.3, 0.4) is 0 Å². The predicted octanol–water partition coefficient (Wildman–Crippen LogP) is 2.24. The SMILES string of the molecule is CNS(=O)(=O)n1c(=O)oc2ccc([C@@H](O)CNCCOc3ccc4c(c3)[nH]c3ccccc34)cc21. The molecule has 0 saturated carbocycles. The van der Waals surface area contributed by atoms with E-state index in [1.54, 1.807) is 6.07 Å². The Morgan fingerprint density at radius 1 is 1.09 bits per heavy atom. The number of aromatic amines is 1. The molecule has 4 N–H and O–H groups in total. The molecule has 0 fully saturated rings. The van der Waals surface area contributed by atoms with Crippen molar-refractivity contribution < 1.29 is 22.7 Å². The number of H-pyrrole nitrogens is 1. The molecule has 1 atom stereocenters. The number of nitrogens with zero attached hydrogens (tertiary/aromatic N) is 1. The number of para-hydroxylation sites is 1. The molecule has 0 radical (unpaired) electrons. The first-order valence-electron chi connectivity index (χ1n) is 11.0. The Kier molecular flexibility index (Phi) is 6.07. The third kappa shape index (κ3) is 4.42. The molecule has 35 heavy (non-hydrogen) atoms. The van der Waals surface area contributed by atoms with Crippen LogP contribution in [0.1, 0.15) is 11.7 Å². The molecule has 0 aliphatic heterocycles. The fourth-order valence-electron chi connectivity index (χ4n) is 4.06. The van der Waals surface area contributed by atoms with E-state index >= 15 is 0 Å². The maximum Gasteiger partial charge on any atom is 0.435 e. The Bertz CT molecular complexity index is 1690. The number of aliphatic hydroxyl groups excluding tert-OH is 1. The van der Waals surface area contributed by atoms with Gasteiger partial charge in [-0.3, -0.25) is 0 Å². The van der Waals surface area contributed by atoms with Gasteiger partial charge < -0.3 is 24.6 Å². The van der Waals surface area contributed by atoms with Crippen LogP contribution in [0.5, 0.6) is 5.75 Å². The van der Waals surface area contributed by atoms with Gasteiger partial charge in [0.25, 0.3) is 0 Å². The van der Waals surface area contributed by atoms with Gasteiger partial charge in [-0.05, 0) is 35.9 Å². The molecule has 0 bridgehead atoms. The monoisotopic (exact) mass is 496 g/mol. The lowest BCUT2D eigenvalue weighted by Crippen LogP contribution is -2.32. The van der Waals surface area contributed by atoms with Crippen molar-refractivity contribution in [2.24, 2.45) is 0 Å². The van der Waals surface area contributed by atoms with Gasteiger partial charge in [0, 0.05) is 42.5 Å². The summed E-state index contributed by atoms with van der Waals surface area (Å²) in [5.74, 6) is -0.289. The van der Waals surface area contributed by atoms with Crippen molar-refractivity contribution in [1.29, 1.82) is 0 Å². The zero-order valence-corrected chi connectivity index (χ0v) is 19.6. The number of ether oxygens (including phenoxy) is 1. The summed E-state index contributed by atoms with van der Waals surface area (Å²) in [6.07, 6.45) is -0.933. The van der Waals surface area contributed by atoms with Crippen LogP contribution < -0.4 is 20.5 Å². The molecule has 2 aromatic heterocycles. The number of hydrogen-bond acceptors (Lipinski definition) is 7. The molecule has 5 aromatic rings. The second-order valence-electron chi connectivity index (χ2n) is 8.02. The van der Waals surface area contributed by atoms with Crippen molar-refractivity contribution >= 4 is 43.1 Å². The molecular formula is C24H24N4O6S. The highest BCUT2D eigenvalue weighted by molar-refractivity contribution is 7.88. The lowest BCUT2D eigenvalue weighted by atomic mass is 10.1. The van der Waals surface area contributed by atoms with Gasteiger partial charge in [-0.15, -0.1) is 0 Å². The van der Waals surface area contributed by atoms with Gasteiger partial charge in [0.2, 0.25) is 0 Å². The molecule has 11 heteroatoms. The summed E-state index contributed by atoms with van der Waals surface area (Å²) < 4.78 is 37.8. The lowest BCUT2D eigenvalue weighted by molar-refractivity contribution is 0.172. The molecule has 0 aliphatic carbocycles. The maximum absolute atomic E-state index is 12.2. The standard InChI is InChI=1S/C24H24N4O6S/c1-25-35(31,32)28-21-12-15(6-9-23(21)34-24(28)30)22(29)14-26-10-11-33-16-7-8-18-17-4-2-3-5-19(17)27-20(18)13-16/h2-9,12-13,22,25-27,29H,10-11,14H2,1H3/t22-/m0/s1. The Morgan fingerprint density at radius 2 is 1.89 bits per heavy atom. The zero-order valence-electron chi connectivity index (χ0n) is 18.8. The summed E-state index contributed by atoms with van der Waals surface area (Å²) in [7, 11) is -2.88. The molecule has 5 rings (SSSR count). The van der Waals surface area contributed by atoms with Crippen LogP contribution in [0, 0.1) is 0 Å². The van der Waals surface area contributed by atoms with Crippen LogP contribution in [-0.2, 0) is 10.2 Å². The quantitative estimate of drug-likeness (QED) is 0.230. The Morgan fingerprint density at radius 3 is 2.71 bits per heavy atom. The lowest BCUT2D eigenvalue weighted by Gasteiger charge is -2.13. The number of nitrogens with one attached hydrogen (secondary N) is 3. The van der Waals surface area contributed by atoms with E-state index in [0.29, 0.717) is 22.7 Å². The largest absolute Gasteiger partial charge is 0.492 e. The summed E-state index contributed by atoms with van der Waals surface area (Å²) in [6, 6.07) is 18.5. The second kappa shape index (κ2) is 9.19. The molecule has 2 heterocycles. The third-order valence-electron chi connectivity index (χ3n) is 5.81. The normalized spacial score (nSPS) is 13.1. The number of oxazole rings is 1. The highest BCUT2D eigenvalue weighted by Gasteiger charge is 2.21. The third-order valence-corrected chi connectivity index (χ3v) is 7.15. The highest BCUT2D eigenvalue weighted by atomic mass is 32.2. The van der Waals surface area contributed by atoms with Crippen molar-refractivity contribution in [2.75, 3.05) is 26.7 Å². The smallest absolute Gasteiger partial charge is 0.435 e. The van der Waals surface area contributed by atoms with E-state index in [-0.39, 0.29) is 17.6 Å². The predicted molar refractivity (Wildman–Crippen MR) is 133 cm³/mol. The summed E-state index contributed by atoms with van der Waals surface area (Å²) in [5.41, 5.74) is 2.68. The summed E-state index contributed by atoms with van der Waals surface area (Å²) in [4.78, 5) is 15.4. The van der Waals surface area contributed by atoms with Gasteiger partial charge in [0.1, 0.15) is 17.9 Å². The van der Waals surface area contributed by atoms with Crippen molar-refractivity contribution in [3.63, 3.8) is 0 Å². The minimum Gasteiger partial charge on any atom is -0.492 e. The van der Waals surface area contributed by atoms with E-state index < -0.39 is 22.1 Å². The maximum atomic E-state index is 12.2.